The molecule has 0 saturated heterocycles. The summed E-state index contributed by atoms with van der Waals surface area (Å²) in [6.07, 6.45) is 0. The number of benzene rings is 1. The van der Waals surface area contributed by atoms with Crippen LogP contribution in [0.25, 0.3) is 0 Å². The molecule has 0 aliphatic carbocycles. The van der Waals surface area contributed by atoms with E-state index in [1.807, 2.05) is 6.92 Å². The van der Waals surface area contributed by atoms with Crippen molar-refractivity contribution >= 4 is 0 Å². The molecule has 1 rings (SSSR count). The van der Waals surface area contributed by atoms with Crippen molar-refractivity contribution in [2.24, 2.45) is 5.90 Å². The summed E-state index contributed by atoms with van der Waals surface area (Å²) in [4.78, 5) is 4.43. The molecular formula is C9H13NO3. The highest BCUT2D eigenvalue weighted by Gasteiger charge is 2.06. The number of nitrogens with two attached hydrogens (primary N) is 1. The Morgan fingerprint density at radius 3 is 2.69 bits per heavy atom. The SMILES string of the molecule is COc1cc(CON)c(O)cc1C. The molecule has 4 heteroatoms. The van der Waals surface area contributed by atoms with Gasteiger partial charge in [-0.15, -0.1) is 0 Å². The zero-order valence-electron chi connectivity index (χ0n) is 7.70. The Kier molecular flexibility index (Phi) is 3.11. The number of methoxy groups -OCH3 is 1. The van der Waals surface area contributed by atoms with E-state index in [2.05, 4.69) is 4.84 Å². The molecule has 0 spiro atoms. The van der Waals surface area contributed by atoms with Crippen LogP contribution in [0.4, 0.5) is 0 Å². The lowest BCUT2D eigenvalue weighted by atomic mass is 10.1. The van der Waals surface area contributed by atoms with E-state index in [1.165, 1.54) is 0 Å². The first-order valence-electron chi connectivity index (χ1n) is 3.87. The van der Waals surface area contributed by atoms with Crippen LogP contribution >= 0.6 is 0 Å². The van der Waals surface area contributed by atoms with Crippen molar-refractivity contribution in [1.29, 1.82) is 0 Å². The van der Waals surface area contributed by atoms with Crippen molar-refractivity contribution in [2.45, 2.75) is 13.5 Å². The maximum absolute atomic E-state index is 9.45. The average Bonchev–Trinajstić information content (AvgIpc) is 2.10. The van der Waals surface area contributed by atoms with Crippen LogP contribution in [0.1, 0.15) is 11.1 Å². The summed E-state index contributed by atoms with van der Waals surface area (Å²) in [7, 11) is 1.58. The zero-order chi connectivity index (χ0) is 9.84. The van der Waals surface area contributed by atoms with Gasteiger partial charge in [0, 0.05) is 5.56 Å². The molecule has 4 nitrogen and oxygen atoms in total. The molecule has 0 atom stereocenters. The maximum Gasteiger partial charge on any atom is 0.122 e. The van der Waals surface area contributed by atoms with Gasteiger partial charge in [0.25, 0.3) is 0 Å². The van der Waals surface area contributed by atoms with E-state index in [-0.39, 0.29) is 12.4 Å². The second kappa shape index (κ2) is 4.11. The van der Waals surface area contributed by atoms with Crippen LogP contribution in [0.2, 0.25) is 0 Å². The van der Waals surface area contributed by atoms with Gasteiger partial charge in [-0.2, -0.15) is 0 Å². The van der Waals surface area contributed by atoms with Gasteiger partial charge in [0.2, 0.25) is 0 Å². The molecule has 0 aliphatic rings. The van der Waals surface area contributed by atoms with Crippen molar-refractivity contribution in [3.05, 3.63) is 23.3 Å². The topological polar surface area (TPSA) is 64.7 Å². The Labute approximate surface area is 76.8 Å². The van der Waals surface area contributed by atoms with Gasteiger partial charge >= 0.3 is 0 Å². The van der Waals surface area contributed by atoms with Crippen LogP contribution in [0, 0.1) is 6.92 Å². The highest BCUT2D eigenvalue weighted by atomic mass is 16.6. The number of aromatic hydroxyl groups is 1. The Morgan fingerprint density at radius 2 is 2.15 bits per heavy atom. The normalized spacial score (nSPS) is 10.1. The lowest BCUT2D eigenvalue weighted by molar-refractivity contribution is 0.122. The Morgan fingerprint density at radius 1 is 1.46 bits per heavy atom. The number of hydrogen-bond donors (Lipinski definition) is 2. The standard InChI is InChI=1S/C9H13NO3/c1-6-3-8(11)7(5-13-10)4-9(6)12-2/h3-4,11H,5,10H2,1-2H3. The minimum Gasteiger partial charge on any atom is -0.508 e. The first kappa shape index (κ1) is 9.83. The molecule has 0 heterocycles. The molecule has 0 fully saturated rings. The highest BCUT2D eigenvalue weighted by Crippen LogP contribution is 2.27. The summed E-state index contributed by atoms with van der Waals surface area (Å²) < 4.78 is 5.08. The number of hydrogen-bond acceptors (Lipinski definition) is 4. The van der Waals surface area contributed by atoms with Gasteiger partial charge in [-0.1, -0.05) is 0 Å². The van der Waals surface area contributed by atoms with Gasteiger partial charge in [0.15, 0.2) is 0 Å². The minimum absolute atomic E-state index is 0.169. The molecule has 1 aromatic carbocycles. The van der Waals surface area contributed by atoms with Crippen LogP contribution in [0.15, 0.2) is 12.1 Å². The van der Waals surface area contributed by atoms with Crippen molar-refractivity contribution in [3.8, 4) is 11.5 Å². The van der Waals surface area contributed by atoms with Gasteiger partial charge in [-0.3, -0.25) is 4.84 Å². The number of phenolic OH excluding ortho intramolecular Hbond substituents is 1. The molecule has 0 bridgehead atoms. The van der Waals surface area contributed by atoms with Crippen molar-refractivity contribution < 1.29 is 14.7 Å². The maximum atomic E-state index is 9.45. The van der Waals surface area contributed by atoms with E-state index in [0.29, 0.717) is 11.3 Å². The Balaban J connectivity index is 3.06. The smallest absolute Gasteiger partial charge is 0.122 e. The van der Waals surface area contributed by atoms with Gasteiger partial charge in [0.1, 0.15) is 11.5 Å². The molecule has 0 radical (unpaired) electrons. The Hall–Kier alpha value is -1.26. The molecule has 1 aromatic rings. The third-order valence-corrected chi connectivity index (χ3v) is 1.83. The van der Waals surface area contributed by atoms with E-state index in [0.717, 1.165) is 5.56 Å². The number of ether oxygens (including phenoxy) is 1. The fourth-order valence-electron chi connectivity index (χ4n) is 1.14. The van der Waals surface area contributed by atoms with Crippen LogP contribution in [-0.2, 0) is 11.4 Å². The quantitative estimate of drug-likeness (QED) is 0.689. The first-order valence-corrected chi connectivity index (χ1v) is 3.87. The fourth-order valence-corrected chi connectivity index (χ4v) is 1.14. The highest BCUT2D eigenvalue weighted by molar-refractivity contribution is 5.44. The molecule has 0 aromatic heterocycles. The monoisotopic (exact) mass is 183 g/mol. The number of rotatable bonds is 3. The molecule has 0 saturated carbocycles. The van der Waals surface area contributed by atoms with E-state index >= 15 is 0 Å². The van der Waals surface area contributed by atoms with E-state index < -0.39 is 0 Å². The van der Waals surface area contributed by atoms with E-state index in [4.69, 9.17) is 10.6 Å². The van der Waals surface area contributed by atoms with Crippen LogP contribution in [-0.4, -0.2) is 12.2 Å². The summed E-state index contributed by atoms with van der Waals surface area (Å²) in [5, 5.41) is 9.45. The van der Waals surface area contributed by atoms with Crippen molar-refractivity contribution in [2.75, 3.05) is 7.11 Å². The zero-order valence-corrected chi connectivity index (χ0v) is 7.70. The predicted molar refractivity (Wildman–Crippen MR) is 48.4 cm³/mol. The number of aryl methyl sites for hydroxylation is 1. The number of phenols is 1. The summed E-state index contributed by atoms with van der Waals surface area (Å²) in [5.41, 5.74) is 1.49. The molecule has 72 valence electrons. The summed E-state index contributed by atoms with van der Waals surface area (Å²) in [5.74, 6) is 5.79. The van der Waals surface area contributed by atoms with E-state index in [9.17, 15) is 5.11 Å². The van der Waals surface area contributed by atoms with Crippen LogP contribution in [0.5, 0.6) is 11.5 Å². The van der Waals surface area contributed by atoms with Gasteiger partial charge in [0.05, 0.1) is 13.7 Å². The molecule has 13 heavy (non-hydrogen) atoms. The third-order valence-electron chi connectivity index (χ3n) is 1.83. The molecule has 0 aliphatic heterocycles. The Bertz CT molecular complexity index is 299. The summed E-state index contributed by atoms with van der Waals surface area (Å²) >= 11 is 0. The summed E-state index contributed by atoms with van der Waals surface area (Å²) in [6, 6.07) is 3.32. The summed E-state index contributed by atoms with van der Waals surface area (Å²) in [6.45, 7) is 2.02. The molecular weight excluding hydrogens is 170 g/mol. The van der Waals surface area contributed by atoms with Crippen LogP contribution in [0.3, 0.4) is 0 Å². The first-order chi connectivity index (χ1) is 6.19. The minimum atomic E-state index is 0.169. The average molecular weight is 183 g/mol. The lowest BCUT2D eigenvalue weighted by Gasteiger charge is -2.08. The van der Waals surface area contributed by atoms with Gasteiger partial charge in [-0.05, 0) is 24.6 Å². The molecule has 0 amide bonds. The van der Waals surface area contributed by atoms with Crippen molar-refractivity contribution in [1.82, 2.24) is 0 Å². The largest absolute Gasteiger partial charge is 0.508 e. The predicted octanol–water partition coefficient (Wildman–Crippen LogP) is 1.10. The van der Waals surface area contributed by atoms with E-state index in [1.54, 1.807) is 19.2 Å². The van der Waals surface area contributed by atoms with Crippen molar-refractivity contribution in [3.63, 3.8) is 0 Å². The second-order valence-corrected chi connectivity index (χ2v) is 2.76. The molecule has 3 N–H and O–H groups in total. The second-order valence-electron chi connectivity index (χ2n) is 2.76. The molecule has 0 unspecified atom stereocenters. The fraction of sp³-hybridized carbons (Fsp3) is 0.333. The van der Waals surface area contributed by atoms with Crippen LogP contribution < -0.4 is 10.6 Å². The van der Waals surface area contributed by atoms with Gasteiger partial charge in [-0.25, -0.2) is 5.90 Å². The van der Waals surface area contributed by atoms with Gasteiger partial charge < -0.3 is 9.84 Å². The third kappa shape index (κ3) is 2.11. The lowest BCUT2D eigenvalue weighted by Crippen LogP contribution is -2.00.